The number of hydrogen-bond acceptors (Lipinski definition) is 5. The standard InChI is InChI=1S/C16H27N3O2/c1-5-21-14-12(2)13(18-11-19-14)17-10-16(20)8-6-15(3,4)7-9-16/h11,20H,5-10H2,1-4H3,(H,17,18,19). The summed E-state index contributed by atoms with van der Waals surface area (Å²) in [5.74, 6) is 1.35. The van der Waals surface area contributed by atoms with E-state index >= 15 is 0 Å². The molecule has 0 aromatic carbocycles. The number of nitrogens with one attached hydrogen (secondary N) is 1. The van der Waals surface area contributed by atoms with Crippen molar-refractivity contribution in [3.63, 3.8) is 0 Å². The molecular weight excluding hydrogens is 266 g/mol. The van der Waals surface area contributed by atoms with Crippen molar-refractivity contribution in [1.29, 1.82) is 0 Å². The summed E-state index contributed by atoms with van der Waals surface area (Å²) in [4.78, 5) is 8.38. The minimum absolute atomic E-state index is 0.346. The fraction of sp³-hybridized carbons (Fsp3) is 0.750. The molecule has 2 rings (SSSR count). The topological polar surface area (TPSA) is 67.3 Å². The molecule has 1 aliphatic rings. The third kappa shape index (κ3) is 4.06. The van der Waals surface area contributed by atoms with Gasteiger partial charge in [-0.1, -0.05) is 13.8 Å². The largest absolute Gasteiger partial charge is 0.478 e. The Labute approximate surface area is 127 Å². The lowest BCUT2D eigenvalue weighted by atomic mass is 9.71. The summed E-state index contributed by atoms with van der Waals surface area (Å²) in [7, 11) is 0. The molecule has 5 heteroatoms. The van der Waals surface area contributed by atoms with E-state index in [0.29, 0.717) is 24.4 Å². The van der Waals surface area contributed by atoms with Crippen molar-refractivity contribution < 1.29 is 9.84 Å². The van der Waals surface area contributed by atoms with Gasteiger partial charge in [0.15, 0.2) is 0 Å². The highest BCUT2D eigenvalue weighted by Crippen LogP contribution is 2.40. The highest BCUT2D eigenvalue weighted by molar-refractivity contribution is 5.47. The summed E-state index contributed by atoms with van der Waals surface area (Å²) in [5, 5.41) is 14.0. The monoisotopic (exact) mass is 293 g/mol. The van der Waals surface area contributed by atoms with Gasteiger partial charge in [-0.05, 0) is 44.9 Å². The minimum Gasteiger partial charge on any atom is -0.478 e. The number of aliphatic hydroxyl groups is 1. The summed E-state index contributed by atoms with van der Waals surface area (Å²) in [6.07, 6.45) is 5.26. The molecule has 0 unspecified atom stereocenters. The van der Waals surface area contributed by atoms with Gasteiger partial charge in [0, 0.05) is 6.54 Å². The van der Waals surface area contributed by atoms with Crippen LogP contribution >= 0.6 is 0 Å². The highest BCUT2D eigenvalue weighted by Gasteiger charge is 2.36. The zero-order valence-electron chi connectivity index (χ0n) is 13.6. The van der Waals surface area contributed by atoms with Crippen LogP contribution < -0.4 is 10.1 Å². The summed E-state index contributed by atoms with van der Waals surface area (Å²) in [6.45, 7) is 9.50. The average Bonchev–Trinajstić information content (AvgIpc) is 2.44. The van der Waals surface area contributed by atoms with Crippen molar-refractivity contribution in [1.82, 2.24) is 9.97 Å². The SMILES string of the molecule is CCOc1ncnc(NCC2(O)CCC(C)(C)CC2)c1C. The van der Waals surface area contributed by atoms with Crippen LogP contribution in [0.1, 0.15) is 52.0 Å². The van der Waals surface area contributed by atoms with E-state index in [1.807, 2.05) is 13.8 Å². The minimum atomic E-state index is -0.640. The van der Waals surface area contributed by atoms with Crippen molar-refractivity contribution in [3.05, 3.63) is 11.9 Å². The Kier molecular flexibility index (Phi) is 4.71. The van der Waals surface area contributed by atoms with E-state index in [4.69, 9.17) is 4.74 Å². The Morgan fingerprint density at radius 1 is 1.24 bits per heavy atom. The first-order valence-corrected chi connectivity index (χ1v) is 7.76. The molecule has 0 bridgehead atoms. The lowest BCUT2D eigenvalue weighted by Crippen LogP contribution is -2.42. The smallest absolute Gasteiger partial charge is 0.221 e. The Hall–Kier alpha value is -1.36. The molecule has 0 atom stereocenters. The lowest BCUT2D eigenvalue weighted by Gasteiger charge is -2.40. The van der Waals surface area contributed by atoms with E-state index < -0.39 is 5.60 Å². The molecule has 0 saturated heterocycles. The molecule has 0 amide bonds. The number of rotatable bonds is 5. The van der Waals surface area contributed by atoms with Crippen LogP contribution in [0.25, 0.3) is 0 Å². The summed E-state index contributed by atoms with van der Waals surface area (Å²) in [6, 6.07) is 0. The molecule has 1 aromatic rings. The molecule has 0 radical (unpaired) electrons. The fourth-order valence-corrected chi connectivity index (χ4v) is 2.71. The number of ether oxygens (including phenoxy) is 1. The van der Waals surface area contributed by atoms with Crippen molar-refractivity contribution >= 4 is 5.82 Å². The summed E-state index contributed by atoms with van der Waals surface area (Å²) < 4.78 is 5.47. The van der Waals surface area contributed by atoms with Crippen molar-refractivity contribution in [2.75, 3.05) is 18.5 Å². The highest BCUT2D eigenvalue weighted by atomic mass is 16.5. The third-order valence-electron chi connectivity index (χ3n) is 4.44. The third-order valence-corrected chi connectivity index (χ3v) is 4.44. The quantitative estimate of drug-likeness (QED) is 0.873. The van der Waals surface area contributed by atoms with Gasteiger partial charge in [-0.25, -0.2) is 9.97 Å². The second kappa shape index (κ2) is 6.18. The first kappa shape index (κ1) is 16.0. The Morgan fingerprint density at radius 3 is 2.52 bits per heavy atom. The zero-order valence-corrected chi connectivity index (χ0v) is 13.6. The second-order valence-corrected chi connectivity index (χ2v) is 6.83. The number of anilines is 1. The average molecular weight is 293 g/mol. The van der Waals surface area contributed by atoms with Crippen LogP contribution in [0.15, 0.2) is 6.33 Å². The van der Waals surface area contributed by atoms with Gasteiger partial charge >= 0.3 is 0 Å². The van der Waals surface area contributed by atoms with Crippen LogP contribution in [0.3, 0.4) is 0 Å². The van der Waals surface area contributed by atoms with Gasteiger partial charge in [0.2, 0.25) is 5.88 Å². The fourth-order valence-electron chi connectivity index (χ4n) is 2.71. The van der Waals surface area contributed by atoms with E-state index in [2.05, 4.69) is 29.1 Å². The normalized spacial score (nSPS) is 20.0. The molecule has 118 valence electrons. The lowest BCUT2D eigenvalue weighted by molar-refractivity contribution is -0.0146. The van der Waals surface area contributed by atoms with Crippen LogP contribution in [-0.4, -0.2) is 33.8 Å². The molecule has 1 aliphatic carbocycles. The molecule has 1 fully saturated rings. The number of nitrogens with zero attached hydrogens (tertiary/aromatic N) is 2. The van der Waals surface area contributed by atoms with Gasteiger partial charge in [0.05, 0.1) is 17.8 Å². The predicted molar refractivity (Wildman–Crippen MR) is 83.6 cm³/mol. The Bertz CT molecular complexity index is 478. The van der Waals surface area contributed by atoms with E-state index in [9.17, 15) is 5.11 Å². The van der Waals surface area contributed by atoms with Crippen LogP contribution in [-0.2, 0) is 0 Å². The van der Waals surface area contributed by atoms with Crippen molar-refractivity contribution in [2.45, 2.75) is 59.0 Å². The van der Waals surface area contributed by atoms with Crippen LogP contribution in [0, 0.1) is 12.3 Å². The number of aromatic nitrogens is 2. The van der Waals surface area contributed by atoms with Gasteiger partial charge in [-0.15, -0.1) is 0 Å². The molecule has 2 N–H and O–H groups in total. The molecule has 1 aromatic heterocycles. The summed E-state index contributed by atoms with van der Waals surface area (Å²) in [5.41, 5.74) is 0.594. The summed E-state index contributed by atoms with van der Waals surface area (Å²) >= 11 is 0. The van der Waals surface area contributed by atoms with Gasteiger partial charge < -0.3 is 15.2 Å². The van der Waals surface area contributed by atoms with Crippen LogP contribution in [0.4, 0.5) is 5.82 Å². The Balaban J connectivity index is 1.98. The second-order valence-electron chi connectivity index (χ2n) is 6.83. The maximum atomic E-state index is 10.7. The van der Waals surface area contributed by atoms with E-state index in [-0.39, 0.29) is 0 Å². The van der Waals surface area contributed by atoms with Crippen molar-refractivity contribution in [2.24, 2.45) is 5.41 Å². The molecule has 1 saturated carbocycles. The van der Waals surface area contributed by atoms with Gasteiger partial charge in [-0.2, -0.15) is 0 Å². The molecule has 5 nitrogen and oxygen atoms in total. The molecule has 0 spiro atoms. The van der Waals surface area contributed by atoms with E-state index in [1.54, 1.807) is 0 Å². The molecular formula is C16H27N3O2. The maximum absolute atomic E-state index is 10.7. The van der Waals surface area contributed by atoms with Crippen LogP contribution in [0.2, 0.25) is 0 Å². The molecule has 21 heavy (non-hydrogen) atoms. The van der Waals surface area contributed by atoms with Gasteiger partial charge in [-0.3, -0.25) is 0 Å². The first-order chi connectivity index (χ1) is 9.85. The number of hydrogen-bond donors (Lipinski definition) is 2. The molecule has 1 heterocycles. The van der Waals surface area contributed by atoms with Gasteiger partial charge in [0.25, 0.3) is 0 Å². The van der Waals surface area contributed by atoms with Crippen molar-refractivity contribution in [3.8, 4) is 5.88 Å². The first-order valence-electron chi connectivity index (χ1n) is 7.76. The van der Waals surface area contributed by atoms with Crippen LogP contribution in [0.5, 0.6) is 5.88 Å². The Morgan fingerprint density at radius 2 is 1.90 bits per heavy atom. The zero-order chi connectivity index (χ0) is 15.5. The van der Waals surface area contributed by atoms with Gasteiger partial charge in [0.1, 0.15) is 12.1 Å². The molecule has 0 aliphatic heterocycles. The van der Waals surface area contributed by atoms with E-state index in [0.717, 1.165) is 37.1 Å². The maximum Gasteiger partial charge on any atom is 0.221 e. The van der Waals surface area contributed by atoms with E-state index in [1.165, 1.54) is 6.33 Å². The predicted octanol–water partition coefficient (Wildman–Crippen LogP) is 2.93.